The molecule has 5 nitrogen and oxygen atoms in total. The highest BCUT2D eigenvalue weighted by Crippen LogP contribution is 2.25. The number of rotatable bonds is 6. The third kappa shape index (κ3) is 5.12. The molecule has 0 fully saturated rings. The summed E-state index contributed by atoms with van der Waals surface area (Å²) in [5, 5.41) is 6.18. The smallest absolute Gasteiger partial charge is 0.287 e. The van der Waals surface area contributed by atoms with E-state index in [2.05, 4.69) is 10.6 Å². The molecule has 2 amide bonds. The third-order valence-electron chi connectivity index (χ3n) is 3.84. The van der Waals surface area contributed by atoms with Gasteiger partial charge in [0.2, 0.25) is 5.91 Å². The highest BCUT2D eigenvalue weighted by molar-refractivity contribution is 6.42. The van der Waals surface area contributed by atoms with Crippen molar-refractivity contribution in [1.29, 1.82) is 0 Å². The summed E-state index contributed by atoms with van der Waals surface area (Å²) < 4.78 is 5.10. The normalized spacial score (nSPS) is 11.6. The standard InChI is InChI=1S/C20H16Cl2N2O3/c21-15-9-8-14(12-16(15)22)23-19(25)17(11-13-5-2-1-3-6-13)24-20(26)18-7-4-10-27-18/h1-10,12,17H,11H2,(H,23,25)(H,24,26)/t17-/m0/s1. The molecule has 3 rings (SSSR count). The minimum absolute atomic E-state index is 0.135. The Balaban J connectivity index is 1.77. The minimum atomic E-state index is -0.806. The molecule has 0 aliphatic rings. The number of anilines is 1. The molecule has 0 aliphatic heterocycles. The van der Waals surface area contributed by atoms with Gasteiger partial charge in [-0.25, -0.2) is 0 Å². The predicted molar refractivity (Wildman–Crippen MR) is 105 cm³/mol. The Bertz CT molecular complexity index is 928. The molecule has 0 saturated heterocycles. The number of amides is 2. The Labute approximate surface area is 166 Å². The van der Waals surface area contributed by atoms with E-state index in [0.29, 0.717) is 22.2 Å². The van der Waals surface area contributed by atoms with E-state index in [1.165, 1.54) is 12.3 Å². The van der Waals surface area contributed by atoms with Crippen molar-refractivity contribution in [3.05, 3.63) is 88.3 Å². The molecule has 2 N–H and O–H groups in total. The zero-order valence-corrected chi connectivity index (χ0v) is 15.6. The Hall–Kier alpha value is -2.76. The van der Waals surface area contributed by atoms with Gasteiger partial charge in [0, 0.05) is 12.1 Å². The summed E-state index contributed by atoms with van der Waals surface area (Å²) in [5.41, 5.74) is 1.39. The van der Waals surface area contributed by atoms with Gasteiger partial charge in [0.1, 0.15) is 6.04 Å². The van der Waals surface area contributed by atoms with Crippen LogP contribution in [0.2, 0.25) is 10.0 Å². The number of hydrogen-bond acceptors (Lipinski definition) is 3. The fourth-order valence-electron chi connectivity index (χ4n) is 2.50. The first-order valence-electron chi connectivity index (χ1n) is 8.17. The van der Waals surface area contributed by atoms with Gasteiger partial charge in [-0.2, -0.15) is 0 Å². The maximum absolute atomic E-state index is 12.8. The number of benzene rings is 2. The summed E-state index contributed by atoms with van der Waals surface area (Å²) in [6, 6.07) is 16.5. The molecule has 1 heterocycles. The van der Waals surface area contributed by atoms with Crippen molar-refractivity contribution in [2.24, 2.45) is 0 Å². The first kappa shape index (κ1) is 19.0. The van der Waals surface area contributed by atoms with E-state index in [9.17, 15) is 9.59 Å². The van der Waals surface area contributed by atoms with Crippen LogP contribution in [0.5, 0.6) is 0 Å². The lowest BCUT2D eigenvalue weighted by Crippen LogP contribution is -2.45. The minimum Gasteiger partial charge on any atom is -0.459 e. The molecule has 0 unspecified atom stereocenters. The first-order chi connectivity index (χ1) is 13.0. The van der Waals surface area contributed by atoms with Crippen LogP contribution in [-0.2, 0) is 11.2 Å². The Morgan fingerprint density at radius 2 is 1.74 bits per heavy atom. The first-order valence-corrected chi connectivity index (χ1v) is 8.93. The second-order valence-corrected chi connectivity index (χ2v) is 6.63. The van der Waals surface area contributed by atoms with Gasteiger partial charge in [-0.1, -0.05) is 53.5 Å². The fourth-order valence-corrected chi connectivity index (χ4v) is 2.80. The van der Waals surface area contributed by atoms with Gasteiger partial charge in [0.25, 0.3) is 5.91 Å². The second-order valence-electron chi connectivity index (χ2n) is 5.81. The number of carbonyl (C=O) groups excluding carboxylic acids is 2. The molecule has 7 heteroatoms. The predicted octanol–water partition coefficient (Wildman–Crippen LogP) is 4.57. The summed E-state index contributed by atoms with van der Waals surface area (Å²) in [6.45, 7) is 0. The monoisotopic (exact) mass is 402 g/mol. The van der Waals surface area contributed by atoms with Crippen molar-refractivity contribution in [3.8, 4) is 0 Å². The molecule has 0 radical (unpaired) electrons. The lowest BCUT2D eigenvalue weighted by Gasteiger charge is -2.18. The van der Waals surface area contributed by atoms with E-state index in [1.54, 1.807) is 24.3 Å². The molecule has 3 aromatic rings. The topological polar surface area (TPSA) is 71.3 Å². The zero-order valence-electron chi connectivity index (χ0n) is 14.1. The van der Waals surface area contributed by atoms with Crippen molar-refractivity contribution >= 4 is 40.7 Å². The molecule has 2 aromatic carbocycles. The Kier molecular flexibility index (Phi) is 6.16. The van der Waals surface area contributed by atoms with Gasteiger partial charge in [0.05, 0.1) is 16.3 Å². The van der Waals surface area contributed by atoms with Gasteiger partial charge in [-0.05, 0) is 35.9 Å². The SMILES string of the molecule is O=C(N[C@@H](Cc1ccccc1)C(=O)Nc1ccc(Cl)c(Cl)c1)c1ccco1. The quantitative estimate of drug-likeness (QED) is 0.634. The maximum Gasteiger partial charge on any atom is 0.287 e. The summed E-state index contributed by atoms with van der Waals surface area (Å²) in [5.74, 6) is -0.710. The number of nitrogens with one attached hydrogen (secondary N) is 2. The lowest BCUT2D eigenvalue weighted by atomic mass is 10.0. The van der Waals surface area contributed by atoms with E-state index >= 15 is 0 Å². The second kappa shape index (κ2) is 8.75. The van der Waals surface area contributed by atoms with E-state index in [0.717, 1.165) is 5.56 Å². The van der Waals surface area contributed by atoms with Crippen molar-refractivity contribution in [1.82, 2.24) is 5.32 Å². The number of carbonyl (C=O) groups is 2. The zero-order chi connectivity index (χ0) is 19.2. The molecule has 0 spiro atoms. The number of halogens is 2. The average molecular weight is 403 g/mol. The third-order valence-corrected chi connectivity index (χ3v) is 4.58. The van der Waals surface area contributed by atoms with E-state index in [-0.39, 0.29) is 11.7 Å². The summed E-state index contributed by atoms with van der Waals surface area (Å²) in [4.78, 5) is 25.1. The highest BCUT2D eigenvalue weighted by Gasteiger charge is 2.23. The average Bonchev–Trinajstić information content (AvgIpc) is 3.20. The van der Waals surface area contributed by atoms with Gasteiger partial charge in [0.15, 0.2) is 5.76 Å². The molecule has 138 valence electrons. The van der Waals surface area contributed by atoms with Crippen molar-refractivity contribution in [2.45, 2.75) is 12.5 Å². The van der Waals surface area contributed by atoms with Crippen LogP contribution in [0.3, 0.4) is 0 Å². The Morgan fingerprint density at radius 3 is 2.41 bits per heavy atom. The molecule has 0 bridgehead atoms. The molecule has 1 aromatic heterocycles. The highest BCUT2D eigenvalue weighted by atomic mass is 35.5. The molecule has 1 atom stereocenters. The molecule has 27 heavy (non-hydrogen) atoms. The van der Waals surface area contributed by atoms with Crippen LogP contribution < -0.4 is 10.6 Å². The van der Waals surface area contributed by atoms with Crippen LogP contribution in [-0.4, -0.2) is 17.9 Å². The van der Waals surface area contributed by atoms with Crippen LogP contribution in [0, 0.1) is 0 Å². The van der Waals surface area contributed by atoms with Crippen LogP contribution in [0.25, 0.3) is 0 Å². The van der Waals surface area contributed by atoms with Crippen LogP contribution >= 0.6 is 23.2 Å². The molecule has 0 saturated carbocycles. The summed E-state index contributed by atoms with van der Waals surface area (Å²) in [6.07, 6.45) is 1.72. The largest absolute Gasteiger partial charge is 0.459 e. The molecular weight excluding hydrogens is 387 g/mol. The van der Waals surface area contributed by atoms with Crippen molar-refractivity contribution in [3.63, 3.8) is 0 Å². The summed E-state index contributed by atoms with van der Waals surface area (Å²) in [7, 11) is 0. The van der Waals surface area contributed by atoms with Crippen LogP contribution in [0.4, 0.5) is 5.69 Å². The lowest BCUT2D eigenvalue weighted by molar-refractivity contribution is -0.118. The number of furan rings is 1. The van der Waals surface area contributed by atoms with Crippen LogP contribution in [0.1, 0.15) is 16.1 Å². The number of hydrogen-bond donors (Lipinski definition) is 2. The van der Waals surface area contributed by atoms with E-state index in [1.807, 2.05) is 30.3 Å². The van der Waals surface area contributed by atoms with E-state index in [4.69, 9.17) is 27.6 Å². The maximum atomic E-state index is 12.8. The van der Waals surface area contributed by atoms with Gasteiger partial charge in [-0.15, -0.1) is 0 Å². The van der Waals surface area contributed by atoms with Crippen molar-refractivity contribution < 1.29 is 14.0 Å². The summed E-state index contributed by atoms with van der Waals surface area (Å²) >= 11 is 11.9. The molecule has 0 aliphatic carbocycles. The van der Waals surface area contributed by atoms with Crippen LogP contribution in [0.15, 0.2) is 71.3 Å². The van der Waals surface area contributed by atoms with Crippen molar-refractivity contribution in [2.75, 3.05) is 5.32 Å². The molecular formula is C20H16Cl2N2O3. The Morgan fingerprint density at radius 1 is 0.963 bits per heavy atom. The fraction of sp³-hybridized carbons (Fsp3) is 0.100. The van der Waals surface area contributed by atoms with E-state index < -0.39 is 11.9 Å². The van der Waals surface area contributed by atoms with Gasteiger partial charge < -0.3 is 15.1 Å². The van der Waals surface area contributed by atoms with Gasteiger partial charge in [-0.3, -0.25) is 9.59 Å². The van der Waals surface area contributed by atoms with Gasteiger partial charge >= 0.3 is 0 Å².